The second-order valence-corrected chi connectivity index (χ2v) is 9.77. The van der Waals surface area contributed by atoms with Crippen LogP contribution >= 0.6 is 11.8 Å². The molecule has 1 atom stereocenters. The minimum Gasteiger partial charge on any atom is -0.350 e. The number of thioether (sulfide) groups is 1. The second-order valence-electron chi connectivity index (χ2n) is 8.60. The molecule has 5 rings (SSSR count). The monoisotopic (exact) mass is 471 g/mol. The molecule has 172 valence electrons. The first-order chi connectivity index (χ1) is 16.4. The SMILES string of the molecule is Cc1ccc(N2C(=O)CS[C@@]23C(=O)N(CC(=O)NCc2ccccc2)c2ccccc23)cc1C. The normalized spacial score (nSPS) is 19.1. The molecule has 0 radical (unpaired) electrons. The molecule has 2 heterocycles. The molecular formula is C27H25N3O3S. The molecule has 0 bridgehead atoms. The number of rotatable bonds is 5. The topological polar surface area (TPSA) is 69.7 Å². The van der Waals surface area contributed by atoms with Crippen LogP contribution in [0.4, 0.5) is 11.4 Å². The average Bonchev–Trinajstić information content (AvgIpc) is 3.31. The maximum Gasteiger partial charge on any atom is 0.269 e. The first kappa shape index (κ1) is 22.2. The van der Waals surface area contributed by atoms with E-state index in [4.69, 9.17) is 0 Å². The summed E-state index contributed by atoms with van der Waals surface area (Å²) in [7, 11) is 0. The molecule has 1 N–H and O–H groups in total. The largest absolute Gasteiger partial charge is 0.350 e. The van der Waals surface area contributed by atoms with Gasteiger partial charge in [-0.25, -0.2) is 0 Å². The van der Waals surface area contributed by atoms with Crippen LogP contribution in [0.15, 0.2) is 72.8 Å². The summed E-state index contributed by atoms with van der Waals surface area (Å²) in [5.74, 6) is -0.443. The Morgan fingerprint density at radius 2 is 1.71 bits per heavy atom. The number of fused-ring (bicyclic) bond motifs is 2. The van der Waals surface area contributed by atoms with E-state index in [9.17, 15) is 14.4 Å². The molecule has 0 aromatic heterocycles. The van der Waals surface area contributed by atoms with Crippen molar-refractivity contribution in [1.29, 1.82) is 0 Å². The Morgan fingerprint density at radius 3 is 2.47 bits per heavy atom. The molecule has 0 aliphatic carbocycles. The Bertz CT molecular complexity index is 1290. The zero-order valence-electron chi connectivity index (χ0n) is 19.1. The molecule has 2 aliphatic heterocycles. The summed E-state index contributed by atoms with van der Waals surface area (Å²) in [4.78, 5) is 41.9. The van der Waals surface area contributed by atoms with E-state index in [0.29, 0.717) is 17.9 Å². The molecule has 0 unspecified atom stereocenters. The number of aryl methyl sites for hydroxylation is 2. The van der Waals surface area contributed by atoms with Crippen LogP contribution in [-0.4, -0.2) is 30.0 Å². The van der Waals surface area contributed by atoms with Crippen LogP contribution in [0.25, 0.3) is 0 Å². The predicted octanol–water partition coefficient (Wildman–Crippen LogP) is 3.90. The molecule has 6 nitrogen and oxygen atoms in total. The standard InChI is InChI=1S/C27H25N3O3S/c1-18-12-13-21(14-19(18)2)30-25(32)17-34-27(30)22-10-6-7-11-23(22)29(26(27)33)16-24(31)28-15-20-8-4-3-5-9-20/h3-14H,15-17H2,1-2H3,(H,28,31)/t27-/m0/s1. The number of para-hydroxylation sites is 1. The lowest BCUT2D eigenvalue weighted by molar-refractivity contribution is -0.125. The minimum absolute atomic E-state index is 0.111. The summed E-state index contributed by atoms with van der Waals surface area (Å²) in [5, 5.41) is 2.90. The smallest absolute Gasteiger partial charge is 0.269 e. The molecule has 7 heteroatoms. The highest BCUT2D eigenvalue weighted by Crippen LogP contribution is 2.55. The summed E-state index contributed by atoms with van der Waals surface area (Å²) in [5.41, 5.74) is 5.25. The van der Waals surface area contributed by atoms with Crippen LogP contribution in [0.2, 0.25) is 0 Å². The van der Waals surface area contributed by atoms with Crippen molar-refractivity contribution >= 4 is 40.9 Å². The lowest BCUT2D eigenvalue weighted by atomic mass is 10.0. The Morgan fingerprint density at radius 1 is 0.971 bits per heavy atom. The predicted molar refractivity (Wildman–Crippen MR) is 135 cm³/mol. The van der Waals surface area contributed by atoms with Gasteiger partial charge in [-0.2, -0.15) is 0 Å². The minimum atomic E-state index is -1.21. The van der Waals surface area contributed by atoms with Gasteiger partial charge in [0.2, 0.25) is 16.7 Å². The molecule has 3 amide bonds. The van der Waals surface area contributed by atoms with Gasteiger partial charge in [0.25, 0.3) is 5.91 Å². The molecular weight excluding hydrogens is 446 g/mol. The third kappa shape index (κ3) is 3.56. The zero-order chi connectivity index (χ0) is 23.9. The van der Waals surface area contributed by atoms with Crippen molar-refractivity contribution in [3.63, 3.8) is 0 Å². The third-order valence-corrected chi connectivity index (χ3v) is 7.83. The van der Waals surface area contributed by atoms with Gasteiger partial charge in [-0.3, -0.25) is 24.2 Å². The van der Waals surface area contributed by atoms with Crippen molar-refractivity contribution in [1.82, 2.24) is 5.32 Å². The summed E-state index contributed by atoms with van der Waals surface area (Å²) < 4.78 is 0. The van der Waals surface area contributed by atoms with Crippen molar-refractivity contribution in [3.8, 4) is 0 Å². The van der Waals surface area contributed by atoms with Crippen molar-refractivity contribution in [2.24, 2.45) is 0 Å². The lowest BCUT2D eigenvalue weighted by Crippen LogP contribution is -2.51. The zero-order valence-corrected chi connectivity index (χ0v) is 19.9. The van der Waals surface area contributed by atoms with E-state index in [-0.39, 0.29) is 30.0 Å². The van der Waals surface area contributed by atoms with Crippen LogP contribution in [0.5, 0.6) is 0 Å². The molecule has 0 saturated carbocycles. The number of hydrogen-bond donors (Lipinski definition) is 1. The fraction of sp³-hybridized carbons (Fsp3) is 0.222. The van der Waals surface area contributed by atoms with Gasteiger partial charge in [-0.15, -0.1) is 11.8 Å². The van der Waals surface area contributed by atoms with Gasteiger partial charge in [-0.1, -0.05) is 54.6 Å². The highest BCUT2D eigenvalue weighted by atomic mass is 32.2. The molecule has 1 fully saturated rings. The second kappa shape index (κ2) is 8.65. The summed E-state index contributed by atoms with van der Waals surface area (Å²) >= 11 is 1.32. The van der Waals surface area contributed by atoms with Crippen LogP contribution < -0.4 is 15.1 Å². The number of amides is 3. The number of hydrogen-bond acceptors (Lipinski definition) is 4. The first-order valence-electron chi connectivity index (χ1n) is 11.2. The van der Waals surface area contributed by atoms with Gasteiger partial charge in [-0.05, 0) is 48.7 Å². The number of anilines is 2. The molecule has 3 aromatic carbocycles. The van der Waals surface area contributed by atoms with Crippen molar-refractivity contribution in [3.05, 3.63) is 95.1 Å². The molecule has 3 aromatic rings. The Balaban J connectivity index is 1.48. The maximum absolute atomic E-state index is 14.0. The summed E-state index contributed by atoms with van der Waals surface area (Å²) in [6.45, 7) is 4.28. The van der Waals surface area contributed by atoms with Gasteiger partial charge >= 0.3 is 0 Å². The molecule has 1 saturated heterocycles. The number of nitrogens with one attached hydrogen (secondary N) is 1. The Kier molecular flexibility index (Phi) is 5.65. The van der Waals surface area contributed by atoms with Crippen molar-refractivity contribution in [2.75, 3.05) is 22.1 Å². The van der Waals surface area contributed by atoms with E-state index >= 15 is 0 Å². The maximum atomic E-state index is 14.0. The first-order valence-corrected chi connectivity index (χ1v) is 12.2. The van der Waals surface area contributed by atoms with E-state index in [2.05, 4.69) is 5.32 Å². The average molecular weight is 472 g/mol. The van der Waals surface area contributed by atoms with Gasteiger partial charge in [0.15, 0.2) is 0 Å². The van der Waals surface area contributed by atoms with Gasteiger partial charge in [0.1, 0.15) is 6.54 Å². The van der Waals surface area contributed by atoms with Gasteiger partial charge in [0.05, 0.1) is 11.4 Å². The van der Waals surface area contributed by atoms with Crippen molar-refractivity contribution in [2.45, 2.75) is 25.3 Å². The van der Waals surface area contributed by atoms with E-state index in [0.717, 1.165) is 22.3 Å². The van der Waals surface area contributed by atoms with Crippen LogP contribution in [0, 0.1) is 13.8 Å². The van der Waals surface area contributed by atoms with E-state index in [1.807, 2.05) is 86.6 Å². The van der Waals surface area contributed by atoms with E-state index < -0.39 is 4.87 Å². The molecule has 2 aliphatic rings. The van der Waals surface area contributed by atoms with Gasteiger partial charge < -0.3 is 5.32 Å². The van der Waals surface area contributed by atoms with Crippen LogP contribution in [-0.2, 0) is 25.8 Å². The fourth-order valence-corrected chi connectivity index (χ4v) is 5.93. The third-order valence-electron chi connectivity index (χ3n) is 6.45. The number of nitrogens with zero attached hydrogens (tertiary/aromatic N) is 2. The molecule has 34 heavy (non-hydrogen) atoms. The van der Waals surface area contributed by atoms with Crippen molar-refractivity contribution < 1.29 is 14.4 Å². The number of carbonyl (C=O) groups is 3. The quantitative estimate of drug-likeness (QED) is 0.613. The Labute approximate surface area is 202 Å². The van der Waals surface area contributed by atoms with Crippen LogP contribution in [0.3, 0.4) is 0 Å². The number of benzene rings is 3. The Hall–Kier alpha value is -3.58. The van der Waals surface area contributed by atoms with E-state index in [1.54, 1.807) is 4.90 Å². The molecule has 1 spiro atoms. The highest BCUT2D eigenvalue weighted by Gasteiger charge is 2.61. The lowest BCUT2D eigenvalue weighted by Gasteiger charge is -2.33. The highest BCUT2D eigenvalue weighted by molar-refractivity contribution is 8.02. The summed E-state index contributed by atoms with van der Waals surface area (Å²) in [6.07, 6.45) is 0. The summed E-state index contributed by atoms with van der Waals surface area (Å²) in [6, 6.07) is 22.9. The van der Waals surface area contributed by atoms with Gasteiger partial charge in [0, 0.05) is 17.8 Å². The number of carbonyl (C=O) groups excluding carboxylic acids is 3. The van der Waals surface area contributed by atoms with E-state index in [1.165, 1.54) is 16.7 Å². The fourth-order valence-electron chi connectivity index (χ4n) is 4.57. The van der Waals surface area contributed by atoms with Crippen LogP contribution in [0.1, 0.15) is 22.3 Å².